The second kappa shape index (κ2) is 4.45. The molecule has 4 heteroatoms. The summed E-state index contributed by atoms with van der Waals surface area (Å²) in [6.45, 7) is 0.739. The van der Waals surface area contributed by atoms with E-state index < -0.39 is 0 Å². The number of thiophene rings is 1. The van der Waals surface area contributed by atoms with Crippen molar-refractivity contribution in [2.75, 3.05) is 6.54 Å². The van der Waals surface area contributed by atoms with E-state index in [1.165, 1.54) is 0 Å². The number of rotatable bonds is 2. The van der Waals surface area contributed by atoms with Crippen molar-refractivity contribution >= 4 is 17.2 Å². The van der Waals surface area contributed by atoms with Crippen molar-refractivity contribution in [2.45, 2.75) is 25.3 Å². The topological polar surface area (TPSA) is 44.1 Å². The molecule has 0 saturated carbocycles. The first-order valence-electron chi connectivity index (χ1n) is 5.02. The summed E-state index contributed by atoms with van der Waals surface area (Å²) in [4.78, 5) is 14.6. The fourth-order valence-electron chi connectivity index (χ4n) is 1.86. The molecule has 3 nitrogen and oxygen atoms in total. The molecule has 2 heterocycles. The first-order valence-corrected chi connectivity index (χ1v) is 5.90. The second-order valence-electron chi connectivity index (χ2n) is 3.63. The Labute approximate surface area is 92.9 Å². The lowest BCUT2D eigenvalue weighted by Crippen LogP contribution is -2.35. The van der Waals surface area contributed by atoms with E-state index in [1.54, 1.807) is 16.2 Å². The van der Waals surface area contributed by atoms with Crippen molar-refractivity contribution in [3.63, 3.8) is 0 Å². The molecule has 0 aromatic carbocycles. The summed E-state index contributed by atoms with van der Waals surface area (Å²) in [6.07, 6.45) is 2.22. The van der Waals surface area contributed by atoms with E-state index in [2.05, 4.69) is 6.07 Å². The fraction of sp³-hybridized carbons (Fsp3) is 0.455. The molecule has 1 unspecified atom stereocenters. The van der Waals surface area contributed by atoms with Crippen LogP contribution in [0.15, 0.2) is 17.5 Å². The van der Waals surface area contributed by atoms with Crippen molar-refractivity contribution in [3.8, 4) is 6.07 Å². The highest BCUT2D eigenvalue weighted by molar-refractivity contribution is 7.10. The first-order chi connectivity index (χ1) is 7.31. The highest BCUT2D eigenvalue weighted by Gasteiger charge is 2.28. The maximum absolute atomic E-state index is 11.9. The second-order valence-corrected chi connectivity index (χ2v) is 4.66. The van der Waals surface area contributed by atoms with Crippen LogP contribution < -0.4 is 0 Å². The highest BCUT2D eigenvalue weighted by atomic mass is 32.1. The van der Waals surface area contributed by atoms with Gasteiger partial charge in [0.05, 0.1) is 12.5 Å². The van der Waals surface area contributed by atoms with Crippen molar-refractivity contribution < 1.29 is 4.79 Å². The van der Waals surface area contributed by atoms with Crippen LogP contribution in [-0.2, 0) is 11.2 Å². The van der Waals surface area contributed by atoms with Crippen LogP contribution in [-0.4, -0.2) is 23.4 Å². The first kappa shape index (κ1) is 10.2. The Morgan fingerprint density at radius 3 is 3.27 bits per heavy atom. The van der Waals surface area contributed by atoms with Crippen LogP contribution >= 0.6 is 11.3 Å². The van der Waals surface area contributed by atoms with Gasteiger partial charge in [0.1, 0.15) is 6.04 Å². The Morgan fingerprint density at radius 2 is 2.60 bits per heavy atom. The molecule has 0 N–H and O–H groups in total. The van der Waals surface area contributed by atoms with Gasteiger partial charge in [-0.25, -0.2) is 0 Å². The summed E-state index contributed by atoms with van der Waals surface area (Å²) in [5.41, 5.74) is 0. The molecule has 78 valence electrons. The van der Waals surface area contributed by atoms with E-state index in [0.717, 1.165) is 24.3 Å². The molecule has 1 fully saturated rings. The van der Waals surface area contributed by atoms with Crippen molar-refractivity contribution in [1.82, 2.24) is 4.90 Å². The van der Waals surface area contributed by atoms with Gasteiger partial charge in [0.15, 0.2) is 0 Å². The number of nitriles is 1. The van der Waals surface area contributed by atoms with Crippen LogP contribution in [0, 0.1) is 11.3 Å². The standard InChI is InChI=1S/C11H12N2OS/c12-8-9-3-1-5-13(9)11(14)7-10-4-2-6-15-10/h2,4,6,9H,1,3,5,7H2. The van der Waals surface area contributed by atoms with Gasteiger partial charge < -0.3 is 4.90 Å². The molecule has 15 heavy (non-hydrogen) atoms. The maximum Gasteiger partial charge on any atom is 0.228 e. The monoisotopic (exact) mass is 220 g/mol. The molecule has 0 spiro atoms. The summed E-state index contributed by atoms with van der Waals surface area (Å²) < 4.78 is 0. The number of hydrogen-bond acceptors (Lipinski definition) is 3. The van der Waals surface area contributed by atoms with E-state index in [4.69, 9.17) is 5.26 Å². The van der Waals surface area contributed by atoms with Crippen LogP contribution in [0.5, 0.6) is 0 Å². The molecule has 1 amide bonds. The maximum atomic E-state index is 11.9. The van der Waals surface area contributed by atoms with Crippen molar-refractivity contribution in [1.29, 1.82) is 5.26 Å². The fourth-order valence-corrected chi connectivity index (χ4v) is 2.56. The Bertz CT molecular complexity index is 380. The molecule has 0 bridgehead atoms. The van der Waals surface area contributed by atoms with Gasteiger partial charge in [-0.1, -0.05) is 6.07 Å². The zero-order chi connectivity index (χ0) is 10.7. The van der Waals surface area contributed by atoms with Crippen LogP contribution in [0.4, 0.5) is 0 Å². The van der Waals surface area contributed by atoms with Gasteiger partial charge >= 0.3 is 0 Å². The minimum Gasteiger partial charge on any atom is -0.326 e. The lowest BCUT2D eigenvalue weighted by molar-refractivity contribution is -0.130. The molecule has 2 rings (SSSR count). The minimum absolute atomic E-state index is 0.0847. The molecule has 1 aromatic heterocycles. The van der Waals surface area contributed by atoms with E-state index in [-0.39, 0.29) is 11.9 Å². The van der Waals surface area contributed by atoms with Gasteiger partial charge in [0.2, 0.25) is 5.91 Å². The molecular weight excluding hydrogens is 208 g/mol. The SMILES string of the molecule is N#CC1CCCN1C(=O)Cc1cccs1. The van der Waals surface area contributed by atoms with Gasteiger partial charge in [-0.15, -0.1) is 11.3 Å². The average Bonchev–Trinajstić information content (AvgIpc) is 2.86. The zero-order valence-corrected chi connectivity index (χ0v) is 9.17. The van der Waals surface area contributed by atoms with Crippen molar-refractivity contribution in [3.05, 3.63) is 22.4 Å². The molecule has 0 aliphatic carbocycles. The molecule has 1 atom stereocenters. The van der Waals surface area contributed by atoms with E-state index in [0.29, 0.717) is 6.42 Å². The third-order valence-corrected chi connectivity index (χ3v) is 3.50. The lowest BCUT2D eigenvalue weighted by atomic mass is 10.2. The number of likely N-dealkylation sites (tertiary alicyclic amines) is 1. The Balaban J connectivity index is 1.99. The number of hydrogen-bond donors (Lipinski definition) is 0. The Morgan fingerprint density at radius 1 is 1.73 bits per heavy atom. The Hall–Kier alpha value is -1.34. The Kier molecular flexibility index (Phi) is 3.02. The highest BCUT2D eigenvalue weighted by Crippen LogP contribution is 2.19. The van der Waals surface area contributed by atoms with Crippen LogP contribution in [0.25, 0.3) is 0 Å². The van der Waals surface area contributed by atoms with Gasteiger partial charge in [-0.2, -0.15) is 5.26 Å². The number of nitrogens with zero attached hydrogens (tertiary/aromatic N) is 2. The summed E-state index contributed by atoms with van der Waals surface area (Å²) in [7, 11) is 0. The summed E-state index contributed by atoms with van der Waals surface area (Å²) >= 11 is 1.59. The number of amides is 1. The van der Waals surface area contributed by atoms with E-state index in [1.807, 2.05) is 17.5 Å². The zero-order valence-electron chi connectivity index (χ0n) is 8.35. The van der Waals surface area contributed by atoms with E-state index >= 15 is 0 Å². The molecule has 1 saturated heterocycles. The van der Waals surface area contributed by atoms with Gasteiger partial charge in [0, 0.05) is 11.4 Å². The predicted molar refractivity (Wildman–Crippen MR) is 58.4 cm³/mol. The summed E-state index contributed by atoms with van der Waals surface area (Å²) in [5.74, 6) is 0.0847. The number of carbonyl (C=O) groups excluding carboxylic acids is 1. The smallest absolute Gasteiger partial charge is 0.228 e. The normalized spacial score (nSPS) is 20.2. The van der Waals surface area contributed by atoms with Gasteiger partial charge in [0.25, 0.3) is 0 Å². The average molecular weight is 220 g/mol. The van der Waals surface area contributed by atoms with Crippen LogP contribution in [0.1, 0.15) is 17.7 Å². The third kappa shape index (κ3) is 2.18. The quantitative estimate of drug-likeness (QED) is 0.763. The van der Waals surface area contributed by atoms with Gasteiger partial charge in [-0.3, -0.25) is 4.79 Å². The molecule has 1 aliphatic heterocycles. The van der Waals surface area contributed by atoms with Crippen LogP contribution in [0.2, 0.25) is 0 Å². The summed E-state index contributed by atoms with van der Waals surface area (Å²) in [6, 6.07) is 5.89. The lowest BCUT2D eigenvalue weighted by Gasteiger charge is -2.18. The summed E-state index contributed by atoms with van der Waals surface area (Å²) in [5, 5.41) is 10.8. The molecule has 0 radical (unpaired) electrons. The third-order valence-electron chi connectivity index (χ3n) is 2.63. The molecular formula is C11H12N2OS. The van der Waals surface area contributed by atoms with Crippen LogP contribution in [0.3, 0.4) is 0 Å². The van der Waals surface area contributed by atoms with E-state index in [9.17, 15) is 4.79 Å². The van der Waals surface area contributed by atoms with Crippen molar-refractivity contribution in [2.24, 2.45) is 0 Å². The largest absolute Gasteiger partial charge is 0.326 e. The predicted octanol–water partition coefficient (Wildman–Crippen LogP) is 1.81. The minimum atomic E-state index is -0.197. The van der Waals surface area contributed by atoms with Gasteiger partial charge in [-0.05, 0) is 24.3 Å². The molecule has 1 aromatic rings. The number of carbonyl (C=O) groups is 1. The molecule has 1 aliphatic rings.